The second kappa shape index (κ2) is 3.22. The van der Waals surface area contributed by atoms with Crippen LogP contribution < -0.4 is 0 Å². The van der Waals surface area contributed by atoms with E-state index in [1.165, 1.54) is 17.0 Å². The topological polar surface area (TPSA) is 12.4 Å². The molecule has 0 atom stereocenters. The van der Waals surface area contributed by atoms with Gasteiger partial charge in [0.25, 0.3) is 0 Å². The summed E-state index contributed by atoms with van der Waals surface area (Å²) < 4.78 is 0. The van der Waals surface area contributed by atoms with Crippen molar-refractivity contribution in [3.05, 3.63) is 11.3 Å². The number of aliphatic imine (C=N–C) groups is 1. The summed E-state index contributed by atoms with van der Waals surface area (Å²) in [5.41, 5.74) is 4.52. The summed E-state index contributed by atoms with van der Waals surface area (Å²) in [6, 6.07) is 0. The van der Waals surface area contributed by atoms with Gasteiger partial charge < -0.3 is 0 Å². The van der Waals surface area contributed by atoms with Gasteiger partial charge in [0.1, 0.15) is 0 Å². The van der Waals surface area contributed by atoms with Gasteiger partial charge in [-0.15, -0.1) is 0 Å². The van der Waals surface area contributed by atoms with E-state index in [1.54, 1.807) is 0 Å². The molecule has 1 heteroatoms. The molecule has 0 aromatic rings. The van der Waals surface area contributed by atoms with Crippen LogP contribution in [0.1, 0.15) is 54.9 Å². The summed E-state index contributed by atoms with van der Waals surface area (Å²) in [6.45, 7) is 15.7. The van der Waals surface area contributed by atoms with Crippen LogP contribution in [0.25, 0.3) is 0 Å². The second-order valence-corrected chi connectivity index (χ2v) is 6.35. The van der Waals surface area contributed by atoms with E-state index in [9.17, 15) is 0 Å². The van der Waals surface area contributed by atoms with Gasteiger partial charge >= 0.3 is 0 Å². The van der Waals surface area contributed by atoms with Gasteiger partial charge in [0.2, 0.25) is 0 Å². The Bertz CT molecular complexity index is 292. The summed E-state index contributed by atoms with van der Waals surface area (Å²) in [6.07, 6.45) is 1.07. The first-order chi connectivity index (χ1) is 6.12. The molecule has 0 unspecified atom stereocenters. The Morgan fingerprint density at radius 2 is 1.43 bits per heavy atom. The van der Waals surface area contributed by atoms with Crippen LogP contribution in [-0.4, -0.2) is 5.71 Å². The number of allylic oxidation sites excluding steroid dienone is 2. The Labute approximate surface area is 88.3 Å². The zero-order chi connectivity index (χ0) is 11.1. The van der Waals surface area contributed by atoms with Crippen molar-refractivity contribution in [2.24, 2.45) is 15.8 Å². The molecular formula is C13H23N. The van der Waals surface area contributed by atoms with Crippen LogP contribution in [0.4, 0.5) is 0 Å². The van der Waals surface area contributed by atoms with E-state index in [1.807, 2.05) is 0 Å². The van der Waals surface area contributed by atoms with Gasteiger partial charge in [-0.2, -0.15) is 0 Å². The van der Waals surface area contributed by atoms with Crippen LogP contribution >= 0.6 is 0 Å². The molecule has 1 aliphatic heterocycles. The lowest BCUT2D eigenvalue weighted by Crippen LogP contribution is -2.16. The Balaban J connectivity index is 3.17. The van der Waals surface area contributed by atoms with Crippen LogP contribution in [-0.2, 0) is 0 Å². The van der Waals surface area contributed by atoms with Gasteiger partial charge in [0.15, 0.2) is 0 Å². The van der Waals surface area contributed by atoms with E-state index >= 15 is 0 Å². The van der Waals surface area contributed by atoms with Crippen LogP contribution in [0.15, 0.2) is 16.3 Å². The Hall–Kier alpha value is -0.590. The van der Waals surface area contributed by atoms with Crippen molar-refractivity contribution in [2.45, 2.75) is 54.9 Å². The fraction of sp³-hybridized carbons (Fsp3) is 0.769. The SMILES string of the molecule is CC1=NC(C(C)(C)C)=C(C(C)(C)C)C1. The van der Waals surface area contributed by atoms with Crippen molar-refractivity contribution in [2.75, 3.05) is 0 Å². The fourth-order valence-electron chi connectivity index (χ4n) is 1.88. The highest BCUT2D eigenvalue weighted by Gasteiger charge is 2.31. The lowest BCUT2D eigenvalue weighted by Gasteiger charge is -2.27. The van der Waals surface area contributed by atoms with Crippen molar-refractivity contribution in [1.82, 2.24) is 0 Å². The predicted octanol–water partition coefficient (Wildman–Crippen LogP) is 4.20. The number of rotatable bonds is 0. The van der Waals surface area contributed by atoms with Gasteiger partial charge in [-0.25, -0.2) is 0 Å². The molecule has 0 spiro atoms. The number of hydrogen-bond acceptors (Lipinski definition) is 1. The van der Waals surface area contributed by atoms with Gasteiger partial charge in [0.05, 0.1) is 0 Å². The van der Waals surface area contributed by atoms with Crippen LogP contribution in [0.5, 0.6) is 0 Å². The zero-order valence-electron chi connectivity index (χ0n) is 10.7. The van der Waals surface area contributed by atoms with Crippen molar-refractivity contribution in [3.63, 3.8) is 0 Å². The number of nitrogens with zero attached hydrogens (tertiary/aromatic N) is 1. The molecule has 0 bridgehead atoms. The Morgan fingerprint density at radius 1 is 0.929 bits per heavy atom. The molecule has 0 saturated carbocycles. The van der Waals surface area contributed by atoms with E-state index in [0.717, 1.165) is 6.42 Å². The van der Waals surface area contributed by atoms with Gasteiger partial charge in [-0.05, 0) is 17.9 Å². The maximum absolute atomic E-state index is 4.70. The molecule has 0 aromatic carbocycles. The third-order valence-corrected chi connectivity index (χ3v) is 2.64. The van der Waals surface area contributed by atoms with E-state index in [0.29, 0.717) is 0 Å². The average Bonchev–Trinajstić information content (AvgIpc) is 2.27. The Kier molecular flexibility index (Phi) is 2.64. The predicted molar refractivity (Wildman–Crippen MR) is 63.7 cm³/mol. The third-order valence-electron chi connectivity index (χ3n) is 2.64. The molecule has 1 rings (SSSR count). The second-order valence-electron chi connectivity index (χ2n) is 6.35. The van der Waals surface area contributed by atoms with Crippen LogP contribution in [0.2, 0.25) is 0 Å². The highest BCUT2D eigenvalue weighted by atomic mass is 14.8. The first-order valence-electron chi connectivity index (χ1n) is 5.40. The fourth-order valence-corrected chi connectivity index (χ4v) is 1.88. The monoisotopic (exact) mass is 193 g/mol. The lowest BCUT2D eigenvalue weighted by molar-refractivity contribution is 0.443. The third kappa shape index (κ3) is 2.26. The molecular weight excluding hydrogens is 170 g/mol. The zero-order valence-corrected chi connectivity index (χ0v) is 10.7. The summed E-state index contributed by atoms with van der Waals surface area (Å²) in [5.74, 6) is 0. The normalized spacial score (nSPS) is 18.9. The van der Waals surface area contributed by atoms with Gasteiger partial charge in [-0.3, -0.25) is 4.99 Å². The number of hydrogen-bond donors (Lipinski definition) is 0. The summed E-state index contributed by atoms with van der Waals surface area (Å²) in [4.78, 5) is 4.70. The molecule has 1 nitrogen and oxygen atoms in total. The largest absolute Gasteiger partial charge is 0.262 e. The van der Waals surface area contributed by atoms with Gasteiger partial charge in [0, 0.05) is 23.2 Å². The molecule has 14 heavy (non-hydrogen) atoms. The first-order valence-corrected chi connectivity index (χ1v) is 5.40. The van der Waals surface area contributed by atoms with E-state index in [4.69, 9.17) is 4.99 Å². The lowest BCUT2D eigenvalue weighted by atomic mass is 9.78. The van der Waals surface area contributed by atoms with Crippen molar-refractivity contribution >= 4 is 5.71 Å². The van der Waals surface area contributed by atoms with E-state index in [2.05, 4.69) is 48.5 Å². The standard InChI is InChI=1S/C13H23N/c1-9-8-10(12(2,3)4)11(14-9)13(5,6)7/h8H2,1-7H3. The molecule has 80 valence electrons. The molecule has 1 heterocycles. The van der Waals surface area contributed by atoms with Crippen molar-refractivity contribution in [3.8, 4) is 0 Å². The smallest absolute Gasteiger partial charge is 0.0457 e. The first kappa shape index (κ1) is 11.5. The highest BCUT2D eigenvalue weighted by Crippen LogP contribution is 2.42. The molecule has 1 aliphatic rings. The molecule has 0 N–H and O–H groups in total. The van der Waals surface area contributed by atoms with Gasteiger partial charge in [-0.1, -0.05) is 41.5 Å². The minimum atomic E-state index is 0.181. The quantitative estimate of drug-likeness (QED) is 0.547. The van der Waals surface area contributed by atoms with E-state index < -0.39 is 0 Å². The van der Waals surface area contributed by atoms with E-state index in [-0.39, 0.29) is 10.8 Å². The Morgan fingerprint density at radius 3 is 1.71 bits per heavy atom. The maximum Gasteiger partial charge on any atom is 0.0457 e. The van der Waals surface area contributed by atoms with Crippen molar-refractivity contribution < 1.29 is 0 Å². The molecule has 0 radical (unpaired) electrons. The van der Waals surface area contributed by atoms with Crippen molar-refractivity contribution in [1.29, 1.82) is 0 Å². The average molecular weight is 193 g/mol. The van der Waals surface area contributed by atoms with Crippen LogP contribution in [0, 0.1) is 10.8 Å². The maximum atomic E-state index is 4.70. The summed E-state index contributed by atoms with van der Waals surface area (Å²) in [7, 11) is 0. The molecule has 0 fully saturated rings. The highest BCUT2D eigenvalue weighted by molar-refractivity contribution is 5.88. The minimum absolute atomic E-state index is 0.181. The van der Waals surface area contributed by atoms with Crippen LogP contribution in [0.3, 0.4) is 0 Å². The summed E-state index contributed by atoms with van der Waals surface area (Å²) in [5, 5.41) is 0. The molecule has 0 aromatic heterocycles. The molecule has 0 saturated heterocycles. The minimum Gasteiger partial charge on any atom is -0.262 e. The molecule has 0 amide bonds. The molecule has 0 aliphatic carbocycles. The summed E-state index contributed by atoms with van der Waals surface area (Å²) >= 11 is 0.